The molecule has 0 radical (unpaired) electrons. The van der Waals surface area contributed by atoms with Crippen LogP contribution >= 0.6 is 11.8 Å². The van der Waals surface area contributed by atoms with Crippen molar-refractivity contribution in [2.45, 2.75) is 50.4 Å². The monoisotopic (exact) mass is 374 g/mol. The first-order chi connectivity index (χ1) is 12.6. The van der Waals surface area contributed by atoms with Gasteiger partial charge in [-0.25, -0.2) is 0 Å². The van der Waals surface area contributed by atoms with Gasteiger partial charge in [0.05, 0.1) is 12.0 Å². The molecule has 26 heavy (non-hydrogen) atoms. The molecule has 0 saturated heterocycles. The normalized spacial score (nSPS) is 20.1. The average Bonchev–Trinajstić information content (AvgIpc) is 3.30. The summed E-state index contributed by atoms with van der Waals surface area (Å²) in [6.07, 6.45) is 8.01. The minimum atomic E-state index is 0.141. The minimum Gasteiger partial charge on any atom is -0.461 e. The molecule has 2 aromatic heterocycles. The zero-order valence-corrected chi connectivity index (χ0v) is 16.2. The van der Waals surface area contributed by atoms with E-state index in [1.165, 1.54) is 24.6 Å². The number of furan rings is 1. The molecule has 3 rings (SSSR count). The van der Waals surface area contributed by atoms with E-state index in [-0.39, 0.29) is 5.91 Å². The molecule has 0 aliphatic heterocycles. The number of hydrogen-bond donors (Lipinski definition) is 0. The SMILES string of the molecule is C=CCn1c(SCC(=O)N(C)C2CCC(C)CC2)nnc1-c1ccco1. The highest BCUT2D eigenvalue weighted by Gasteiger charge is 2.25. The Hall–Kier alpha value is -2.02. The smallest absolute Gasteiger partial charge is 0.233 e. The lowest BCUT2D eigenvalue weighted by Crippen LogP contribution is -2.40. The van der Waals surface area contributed by atoms with Crippen LogP contribution in [0.4, 0.5) is 0 Å². The topological polar surface area (TPSA) is 64.2 Å². The van der Waals surface area contributed by atoms with Crippen LogP contribution in [0.2, 0.25) is 0 Å². The van der Waals surface area contributed by atoms with Crippen LogP contribution in [0.25, 0.3) is 11.6 Å². The molecule has 7 heteroatoms. The van der Waals surface area contributed by atoms with E-state index in [1.54, 1.807) is 12.3 Å². The van der Waals surface area contributed by atoms with Gasteiger partial charge in [0.1, 0.15) is 0 Å². The molecule has 140 valence electrons. The highest BCUT2D eigenvalue weighted by atomic mass is 32.2. The predicted octanol–water partition coefficient (Wildman–Crippen LogP) is 3.85. The second-order valence-electron chi connectivity index (χ2n) is 6.89. The number of thioether (sulfide) groups is 1. The summed E-state index contributed by atoms with van der Waals surface area (Å²) in [7, 11) is 1.92. The molecule has 2 heterocycles. The summed E-state index contributed by atoms with van der Waals surface area (Å²) in [5, 5.41) is 9.17. The van der Waals surface area contributed by atoms with Gasteiger partial charge in [0.2, 0.25) is 11.7 Å². The molecule has 1 amide bonds. The molecule has 2 aromatic rings. The molecule has 6 nitrogen and oxygen atoms in total. The first-order valence-corrected chi connectivity index (χ1v) is 10.0. The van der Waals surface area contributed by atoms with Gasteiger partial charge >= 0.3 is 0 Å². The third-order valence-corrected chi connectivity index (χ3v) is 5.97. The van der Waals surface area contributed by atoms with Crippen molar-refractivity contribution in [2.24, 2.45) is 5.92 Å². The van der Waals surface area contributed by atoms with Crippen molar-refractivity contribution in [3.63, 3.8) is 0 Å². The van der Waals surface area contributed by atoms with E-state index in [2.05, 4.69) is 23.7 Å². The van der Waals surface area contributed by atoms with E-state index >= 15 is 0 Å². The van der Waals surface area contributed by atoms with E-state index in [0.29, 0.717) is 35.1 Å². The van der Waals surface area contributed by atoms with Gasteiger partial charge in [0.25, 0.3) is 0 Å². The van der Waals surface area contributed by atoms with E-state index in [0.717, 1.165) is 18.8 Å². The first-order valence-electron chi connectivity index (χ1n) is 9.06. The van der Waals surface area contributed by atoms with Gasteiger partial charge in [0, 0.05) is 19.6 Å². The number of aromatic nitrogens is 3. The van der Waals surface area contributed by atoms with Crippen molar-refractivity contribution in [3.05, 3.63) is 31.1 Å². The lowest BCUT2D eigenvalue weighted by molar-refractivity contribution is -0.129. The molecule has 0 aromatic carbocycles. The Labute approximate surface area is 158 Å². The van der Waals surface area contributed by atoms with Gasteiger partial charge in [-0.2, -0.15) is 0 Å². The lowest BCUT2D eigenvalue weighted by atomic mass is 9.87. The molecule has 0 N–H and O–H groups in total. The molecular weight excluding hydrogens is 348 g/mol. The fraction of sp³-hybridized carbons (Fsp3) is 0.526. The maximum absolute atomic E-state index is 12.6. The number of nitrogens with zero attached hydrogens (tertiary/aromatic N) is 4. The number of hydrogen-bond acceptors (Lipinski definition) is 5. The number of carbonyl (C=O) groups is 1. The van der Waals surface area contributed by atoms with Gasteiger partial charge in [-0.3, -0.25) is 9.36 Å². The van der Waals surface area contributed by atoms with Crippen molar-refractivity contribution in [2.75, 3.05) is 12.8 Å². The van der Waals surface area contributed by atoms with Crippen LogP contribution in [0, 0.1) is 5.92 Å². The molecule has 0 atom stereocenters. The third kappa shape index (κ3) is 4.20. The predicted molar refractivity (Wildman–Crippen MR) is 103 cm³/mol. The van der Waals surface area contributed by atoms with Crippen molar-refractivity contribution in [1.82, 2.24) is 19.7 Å². The van der Waals surface area contributed by atoms with E-state index in [9.17, 15) is 4.79 Å². The van der Waals surface area contributed by atoms with E-state index in [1.807, 2.05) is 28.6 Å². The van der Waals surface area contributed by atoms with E-state index in [4.69, 9.17) is 4.42 Å². The van der Waals surface area contributed by atoms with Crippen molar-refractivity contribution in [1.29, 1.82) is 0 Å². The largest absolute Gasteiger partial charge is 0.461 e. The van der Waals surface area contributed by atoms with Gasteiger partial charge in [0.15, 0.2) is 10.9 Å². The number of carbonyl (C=O) groups excluding carboxylic acids is 1. The second kappa shape index (κ2) is 8.58. The minimum absolute atomic E-state index is 0.141. The summed E-state index contributed by atoms with van der Waals surface area (Å²) in [6.45, 7) is 6.65. The van der Waals surface area contributed by atoms with Gasteiger partial charge in [-0.05, 0) is 43.7 Å². The summed E-state index contributed by atoms with van der Waals surface area (Å²) < 4.78 is 7.35. The van der Waals surface area contributed by atoms with Crippen LogP contribution in [-0.2, 0) is 11.3 Å². The maximum atomic E-state index is 12.6. The van der Waals surface area contributed by atoms with Crippen LogP contribution in [0.5, 0.6) is 0 Å². The summed E-state index contributed by atoms with van der Waals surface area (Å²) in [6, 6.07) is 4.03. The average molecular weight is 375 g/mol. The maximum Gasteiger partial charge on any atom is 0.233 e. The molecule has 1 fully saturated rings. The van der Waals surface area contributed by atoms with Gasteiger partial charge in [-0.1, -0.05) is 24.8 Å². The zero-order chi connectivity index (χ0) is 18.5. The Kier molecular flexibility index (Phi) is 6.19. The molecule has 1 aliphatic rings. The Balaban J connectivity index is 1.63. The Bertz CT molecular complexity index is 733. The highest BCUT2D eigenvalue weighted by molar-refractivity contribution is 7.99. The number of allylic oxidation sites excluding steroid dienone is 1. The molecule has 0 unspecified atom stereocenters. The highest BCUT2D eigenvalue weighted by Crippen LogP contribution is 2.28. The van der Waals surface area contributed by atoms with Crippen molar-refractivity contribution in [3.8, 4) is 11.6 Å². The number of amides is 1. The van der Waals surface area contributed by atoms with Crippen molar-refractivity contribution >= 4 is 17.7 Å². The molecule has 0 spiro atoms. The van der Waals surface area contributed by atoms with Crippen LogP contribution < -0.4 is 0 Å². The van der Waals surface area contributed by atoms with Gasteiger partial charge < -0.3 is 9.32 Å². The quantitative estimate of drug-likeness (QED) is 0.544. The molecular formula is C19H26N4O2S. The number of rotatable bonds is 7. The molecule has 0 bridgehead atoms. The molecule has 1 aliphatic carbocycles. The first kappa shape index (κ1) is 18.8. The van der Waals surface area contributed by atoms with Crippen LogP contribution in [-0.4, -0.2) is 44.4 Å². The lowest BCUT2D eigenvalue weighted by Gasteiger charge is -2.33. The Morgan fingerprint density at radius 3 is 2.85 bits per heavy atom. The fourth-order valence-corrected chi connectivity index (χ4v) is 4.21. The molecule has 1 saturated carbocycles. The standard InChI is InChI=1S/C19H26N4O2S/c1-4-11-23-18(16-6-5-12-25-16)20-21-19(23)26-13-17(24)22(3)15-9-7-14(2)8-10-15/h4-6,12,14-15H,1,7-11,13H2,2-3H3. The summed E-state index contributed by atoms with van der Waals surface area (Å²) in [4.78, 5) is 14.5. The Morgan fingerprint density at radius 1 is 1.42 bits per heavy atom. The Morgan fingerprint density at radius 2 is 2.19 bits per heavy atom. The fourth-order valence-electron chi connectivity index (χ4n) is 3.34. The summed E-state index contributed by atoms with van der Waals surface area (Å²) in [5.41, 5.74) is 0. The van der Waals surface area contributed by atoms with Crippen LogP contribution in [0.1, 0.15) is 32.6 Å². The zero-order valence-electron chi connectivity index (χ0n) is 15.4. The van der Waals surface area contributed by atoms with Crippen molar-refractivity contribution < 1.29 is 9.21 Å². The second-order valence-corrected chi connectivity index (χ2v) is 7.83. The summed E-state index contributed by atoms with van der Waals surface area (Å²) >= 11 is 1.41. The van der Waals surface area contributed by atoms with Crippen LogP contribution in [0.3, 0.4) is 0 Å². The summed E-state index contributed by atoms with van der Waals surface area (Å²) in [5.74, 6) is 2.59. The third-order valence-electron chi connectivity index (χ3n) is 5.02. The van der Waals surface area contributed by atoms with Gasteiger partial charge in [-0.15, -0.1) is 16.8 Å². The van der Waals surface area contributed by atoms with Crippen LogP contribution in [0.15, 0.2) is 40.6 Å². The van der Waals surface area contributed by atoms with E-state index < -0.39 is 0 Å².